The van der Waals surface area contributed by atoms with Crippen molar-refractivity contribution in [2.45, 2.75) is 63.2 Å². The predicted octanol–water partition coefficient (Wildman–Crippen LogP) is 17.8. The Balaban J connectivity index is 0.000000124. The fourth-order valence-electron chi connectivity index (χ4n) is 16.0. The van der Waals surface area contributed by atoms with Crippen molar-refractivity contribution < 1.29 is 56.5 Å². The van der Waals surface area contributed by atoms with Crippen molar-refractivity contribution in [3.63, 3.8) is 0 Å². The Labute approximate surface area is 775 Å². The molecule has 0 atom stereocenters. The largest absolute Gasteiger partial charge is 0.322 e. The number of carbonyl (C=O) groups excluding carboxylic acids is 3. The van der Waals surface area contributed by atoms with Gasteiger partial charge in [0, 0.05) is 141 Å². The van der Waals surface area contributed by atoms with Gasteiger partial charge in [0.25, 0.3) is 27.7 Å². The predicted molar refractivity (Wildman–Crippen MR) is 527 cm³/mol. The summed E-state index contributed by atoms with van der Waals surface area (Å²) >= 11 is 0. The van der Waals surface area contributed by atoms with Gasteiger partial charge in [-0.05, 0) is 276 Å². The van der Waals surface area contributed by atoms with Crippen LogP contribution in [0.15, 0.2) is 315 Å². The first-order valence-corrected chi connectivity index (χ1v) is 51.3. The number of fused-ring (bicyclic) bond motifs is 4. The molecule has 20 rings (SSSR count). The summed E-state index contributed by atoms with van der Waals surface area (Å²) in [6, 6.07) is 80.3. The SMILES string of the molecule is Cc1ccc(NS(=O)(=O)c2ccc(N3CCCCS3(=O)=O)cc2)cc1-c1nccc2ncccc12.O=C(Nc1cccc(-c2ccc3cnccc3n2)c1)c1ccc(N2CCCCS2(=O)=O)cc1.O=C(Nc1cccc(-c2ccc3ncccc3n2)c1)c1ccc(N2CCCCS2(=O)=O)cc1.O=C(Nc1cccc(-c2ncc3ccccc3n2)c1)c1ccc(N2CCCCS2(=O)=O)cc1. The molecule has 0 saturated carbocycles. The monoisotopic (exact) mass is 1880 g/mol. The number of aromatic nitrogens is 8. The van der Waals surface area contributed by atoms with E-state index in [1.54, 1.807) is 128 Å². The van der Waals surface area contributed by atoms with Crippen LogP contribution in [0.25, 0.3) is 88.9 Å². The van der Waals surface area contributed by atoms with Crippen LogP contribution in [0.1, 0.15) is 88.0 Å². The highest BCUT2D eigenvalue weighted by Crippen LogP contribution is 2.36. The third kappa shape index (κ3) is 21.3. The second kappa shape index (κ2) is 39.7. The van der Waals surface area contributed by atoms with Crippen LogP contribution in [0.4, 0.5) is 45.5 Å². The number of hydrogen-bond donors (Lipinski definition) is 4. The Kier molecular flexibility index (Phi) is 27.0. The molecular formula is C100H90N16O13S5. The zero-order chi connectivity index (χ0) is 93.1. The molecule has 678 valence electrons. The van der Waals surface area contributed by atoms with Crippen LogP contribution in [0.3, 0.4) is 0 Å². The van der Waals surface area contributed by atoms with E-state index in [0.717, 1.165) is 114 Å². The van der Waals surface area contributed by atoms with Crippen LogP contribution >= 0.6 is 0 Å². The van der Waals surface area contributed by atoms with Gasteiger partial charge in [0.1, 0.15) is 0 Å². The van der Waals surface area contributed by atoms with E-state index in [9.17, 15) is 56.5 Å². The standard InChI is InChI=1S/C25H24N4O4S2.3C25H22N4O3S/c1-18-6-7-19(17-23(18)25-22-5-4-13-26-24(22)12-14-27-25)28-35(32,33)21-10-8-20(9-11-21)29-15-2-3-16-34(29,30)31;30-25(18-8-10-21(11-9-18)29-15-1-2-16-33(29,31)32)27-20-6-3-5-19(17-20)22-12-13-23-24(28-22)7-4-14-26-23;30-25(18-10-12-22(13-11-18)29-14-3-4-15-33(29,31)32)27-21-8-5-7-19(16-21)24-26-17-20-6-1-2-9-23(20)28-24;30-25(18-6-9-22(10-7-18)29-14-1-2-15-33(29,31)32)27-21-5-3-4-19(16-21)23-11-8-20-17-26-13-12-24(20)28-23/h4-14,17,28H,2-3,15-16H2,1H3;3-14,17H,1-2,15-16H2,(H,27,30);1-2,5-13,16-17H,3-4,14-15H2,(H,27,30);3-13,16-17H,1-2,14-15H2,(H,27,30). The molecule has 4 aliphatic heterocycles. The molecule has 4 saturated heterocycles. The van der Waals surface area contributed by atoms with Crippen molar-refractivity contribution in [1.29, 1.82) is 0 Å². The minimum atomic E-state index is -3.89. The van der Waals surface area contributed by atoms with Gasteiger partial charge < -0.3 is 16.0 Å². The number of sulfonamides is 5. The molecule has 0 unspecified atom stereocenters. The maximum atomic E-state index is 13.1. The normalized spacial score (nSPS) is 15.4. The maximum Gasteiger partial charge on any atom is 0.261 e. The lowest BCUT2D eigenvalue weighted by Gasteiger charge is -2.28. The van der Waals surface area contributed by atoms with Gasteiger partial charge in [0.15, 0.2) is 5.82 Å². The Bertz CT molecular complexity index is 7220. The smallest absolute Gasteiger partial charge is 0.261 e. The minimum absolute atomic E-state index is 0.0465. The Morgan fingerprint density at radius 1 is 0.336 bits per heavy atom. The molecular weight excluding hydrogens is 1790 g/mol. The lowest BCUT2D eigenvalue weighted by Crippen LogP contribution is -2.37. The molecule has 4 fully saturated rings. The maximum absolute atomic E-state index is 13.1. The first-order chi connectivity index (χ1) is 64.7. The van der Waals surface area contributed by atoms with E-state index in [1.807, 2.05) is 165 Å². The molecule has 3 amide bonds. The highest BCUT2D eigenvalue weighted by molar-refractivity contribution is 7.94. The van der Waals surface area contributed by atoms with Crippen molar-refractivity contribution >= 4 is 157 Å². The highest BCUT2D eigenvalue weighted by Gasteiger charge is 2.31. The molecule has 0 spiro atoms. The van der Waals surface area contributed by atoms with E-state index < -0.39 is 50.1 Å². The topological polar surface area (TPSA) is 386 Å². The van der Waals surface area contributed by atoms with E-state index in [0.29, 0.717) is 120 Å². The van der Waals surface area contributed by atoms with Gasteiger partial charge in [0.2, 0.25) is 40.1 Å². The Morgan fingerprint density at radius 3 is 1.28 bits per heavy atom. The average Bonchev–Trinajstić information content (AvgIpc) is 0.787. The number of nitrogens with zero attached hydrogens (tertiary/aromatic N) is 12. The number of rotatable bonds is 17. The van der Waals surface area contributed by atoms with Gasteiger partial charge >= 0.3 is 0 Å². The van der Waals surface area contributed by atoms with Gasteiger partial charge in [-0.2, -0.15) is 0 Å². The van der Waals surface area contributed by atoms with Crippen molar-refractivity contribution in [2.24, 2.45) is 0 Å². The van der Waals surface area contributed by atoms with Crippen LogP contribution in [-0.2, 0) is 50.1 Å². The van der Waals surface area contributed by atoms with Gasteiger partial charge in [-0.25, -0.2) is 62.0 Å². The quantitative estimate of drug-likeness (QED) is 0.0658. The van der Waals surface area contributed by atoms with E-state index in [1.165, 1.54) is 41.5 Å². The second-order valence-electron chi connectivity index (χ2n) is 32.2. The van der Waals surface area contributed by atoms with Gasteiger partial charge in [-0.3, -0.25) is 56.3 Å². The number of nitrogens with one attached hydrogen (secondary N) is 4. The van der Waals surface area contributed by atoms with Crippen molar-refractivity contribution in [1.82, 2.24) is 39.9 Å². The molecule has 16 aromatic rings. The Morgan fingerprint density at radius 2 is 0.769 bits per heavy atom. The van der Waals surface area contributed by atoms with E-state index >= 15 is 0 Å². The van der Waals surface area contributed by atoms with Gasteiger partial charge in [-0.1, -0.05) is 60.7 Å². The molecule has 4 N–H and O–H groups in total. The minimum Gasteiger partial charge on any atom is -0.322 e. The molecule has 34 heteroatoms. The second-order valence-corrected chi connectivity index (χ2v) is 42.0. The van der Waals surface area contributed by atoms with Crippen molar-refractivity contribution in [3.8, 4) is 45.2 Å². The van der Waals surface area contributed by atoms with Crippen molar-refractivity contribution in [2.75, 3.05) is 87.1 Å². The summed E-state index contributed by atoms with van der Waals surface area (Å²) < 4.78 is 133. The summed E-state index contributed by atoms with van der Waals surface area (Å²) in [6.45, 7) is 3.76. The zero-order valence-electron chi connectivity index (χ0n) is 72.5. The average molecular weight is 1880 g/mol. The third-order valence-electron chi connectivity index (χ3n) is 23.0. The van der Waals surface area contributed by atoms with Crippen molar-refractivity contribution in [3.05, 3.63) is 332 Å². The summed E-state index contributed by atoms with van der Waals surface area (Å²) in [5, 5.41) is 11.5. The molecule has 29 nitrogen and oxygen atoms in total. The number of hydrogen-bond acceptors (Lipinski definition) is 21. The number of carbonyl (C=O) groups is 3. The number of benzene rings is 9. The molecule has 11 heterocycles. The summed E-state index contributed by atoms with van der Waals surface area (Å²) in [7, 11) is -17.1. The number of amides is 3. The third-order valence-corrected chi connectivity index (χ3v) is 31.9. The highest BCUT2D eigenvalue weighted by atomic mass is 32.2. The van der Waals surface area contributed by atoms with Crippen LogP contribution < -0.4 is 37.9 Å². The number of para-hydroxylation sites is 1. The molecule has 134 heavy (non-hydrogen) atoms. The number of anilines is 8. The Hall–Kier alpha value is -14.8. The molecule has 0 aliphatic carbocycles. The molecule has 7 aromatic heterocycles. The van der Waals surface area contributed by atoms with E-state index in [2.05, 4.69) is 60.5 Å². The van der Waals surface area contributed by atoms with Crippen LogP contribution in [0, 0.1) is 6.92 Å². The molecule has 4 aliphatic rings. The summed E-state index contributed by atoms with van der Waals surface area (Å²) in [5.41, 5.74) is 16.7. The molecule has 0 bridgehead atoms. The number of aryl methyl sites for hydroxylation is 1. The fourth-order valence-corrected chi connectivity index (χ4v) is 23.6. The van der Waals surface area contributed by atoms with Gasteiger partial charge in [0.05, 0.1) is 95.3 Å². The first kappa shape index (κ1) is 91.1. The summed E-state index contributed by atoms with van der Waals surface area (Å²) in [5.74, 6) is 0.353. The van der Waals surface area contributed by atoms with E-state index in [4.69, 9.17) is 0 Å². The molecule has 0 radical (unpaired) electrons. The zero-order valence-corrected chi connectivity index (χ0v) is 76.6. The lowest BCUT2D eigenvalue weighted by molar-refractivity contribution is 0.101. The molecule has 9 aromatic carbocycles. The van der Waals surface area contributed by atoms with Gasteiger partial charge in [-0.15, -0.1) is 0 Å². The van der Waals surface area contributed by atoms with Crippen LogP contribution in [0.5, 0.6) is 0 Å². The summed E-state index contributed by atoms with van der Waals surface area (Å²) in [6.07, 6.45) is 16.4. The van der Waals surface area contributed by atoms with Crippen LogP contribution in [-0.4, -0.2) is 149 Å². The lowest BCUT2D eigenvalue weighted by atomic mass is 10.0. The van der Waals surface area contributed by atoms with Crippen LogP contribution in [0.2, 0.25) is 0 Å². The fraction of sp³-hybridized carbons (Fsp3) is 0.170. The van der Waals surface area contributed by atoms with E-state index in [-0.39, 0.29) is 45.6 Å². The summed E-state index contributed by atoms with van der Waals surface area (Å²) in [4.78, 5) is 74.1. The number of pyridine rings is 6. The first-order valence-electron chi connectivity index (χ1n) is 43.4.